The average molecular weight is 302 g/mol. The normalized spacial score (nSPS) is 29.4. The summed E-state index contributed by atoms with van der Waals surface area (Å²) in [6.45, 7) is 4.07. The van der Waals surface area contributed by atoms with Gasteiger partial charge >= 0.3 is 0 Å². The Hall–Kier alpha value is -1.39. The van der Waals surface area contributed by atoms with E-state index in [0.717, 1.165) is 25.7 Å². The second-order valence-electron chi connectivity index (χ2n) is 6.62. The molecule has 1 aliphatic heterocycles. The summed E-state index contributed by atoms with van der Waals surface area (Å²) in [4.78, 5) is 14.8. The second-order valence-corrected chi connectivity index (χ2v) is 6.62. The number of aryl methyl sites for hydroxylation is 1. The molecule has 120 valence electrons. The Morgan fingerprint density at radius 1 is 1.32 bits per heavy atom. The third kappa shape index (κ3) is 3.33. The van der Waals surface area contributed by atoms with Crippen LogP contribution in [0.1, 0.15) is 42.9 Å². The van der Waals surface area contributed by atoms with Gasteiger partial charge in [-0.1, -0.05) is 30.7 Å². The van der Waals surface area contributed by atoms with Crippen LogP contribution in [0.15, 0.2) is 24.3 Å². The first-order valence-corrected chi connectivity index (χ1v) is 8.36. The van der Waals surface area contributed by atoms with Crippen molar-refractivity contribution in [2.45, 2.75) is 44.8 Å². The monoisotopic (exact) mass is 302 g/mol. The summed E-state index contributed by atoms with van der Waals surface area (Å²) in [5.74, 6) is 0.386. The highest BCUT2D eigenvalue weighted by atomic mass is 16.5. The number of nitrogens with two attached hydrogens (primary N) is 1. The highest BCUT2D eigenvalue weighted by Crippen LogP contribution is 2.29. The van der Waals surface area contributed by atoms with Crippen LogP contribution >= 0.6 is 0 Å². The van der Waals surface area contributed by atoms with E-state index in [1.807, 2.05) is 17.0 Å². The van der Waals surface area contributed by atoms with Crippen molar-refractivity contribution in [1.29, 1.82) is 0 Å². The Kier molecular flexibility index (Phi) is 4.79. The predicted molar refractivity (Wildman–Crippen MR) is 86.4 cm³/mol. The van der Waals surface area contributed by atoms with Crippen LogP contribution in [-0.4, -0.2) is 36.5 Å². The molecule has 1 aromatic rings. The number of rotatable bonds is 2. The Labute approximate surface area is 132 Å². The lowest BCUT2D eigenvalue weighted by atomic mass is 9.85. The SMILES string of the molecule is Cc1ccccc1[C@@H]1CN(C(=O)[C@@H]2CCC[C@H](N)C2)CCO1. The van der Waals surface area contributed by atoms with Gasteiger partial charge in [-0.2, -0.15) is 0 Å². The number of benzene rings is 1. The molecule has 0 unspecified atom stereocenters. The molecule has 4 nitrogen and oxygen atoms in total. The number of amides is 1. The van der Waals surface area contributed by atoms with Crippen LogP contribution < -0.4 is 5.73 Å². The summed E-state index contributed by atoms with van der Waals surface area (Å²) in [5, 5.41) is 0. The molecular weight excluding hydrogens is 276 g/mol. The van der Waals surface area contributed by atoms with Gasteiger partial charge < -0.3 is 15.4 Å². The van der Waals surface area contributed by atoms with Gasteiger partial charge in [-0.25, -0.2) is 0 Å². The van der Waals surface area contributed by atoms with E-state index in [0.29, 0.717) is 19.7 Å². The van der Waals surface area contributed by atoms with Gasteiger partial charge in [0.05, 0.1) is 13.2 Å². The Bertz CT molecular complexity index is 532. The van der Waals surface area contributed by atoms with E-state index in [2.05, 4.69) is 19.1 Å². The highest BCUT2D eigenvalue weighted by molar-refractivity contribution is 5.79. The lowest BCUT2D eigenvalue weighted by molar-refractivity contribution is -0.144. The summed E-state index contributed by atoms with van der Waals surface area (Å²) < 4.78 is 5.92. The zero-order valence-corrected chi connectivity index (χ0v) is 13.3. The summed E-state index contributed by atoms with van der Waals surface area (Å²) in [5.41, 5.74) is 8.45. The Morgan fingerprint density at radius 3 is 2.91 bits per heavy atom. The van der Waals surface area contributed by atoms with Gasteiger partial charge in [-0.05, 0) is 37.3 Å². The molecule has 22 heavy (non-hydrogen) atoms. The standard InChI is InChI=1S/C18H26N2O2/c1-13-5-2-3-8-16(13)17-12-20(9-10-22-17)18(21)14-6-4-7-15(19)11-14/h2-3,5,8,14-15,17H,4,6-7,9-12,19H2,1H3/t14-,15+,17+/m1/s1. The van der Waals surface area contributed by atoms with E-state index in [-0.39, 0.29) is 24.0 Å². The van der Waals surface area contributed by atoms with Crippen molar-refractivity contribution < 1.29 is 9.53 Å². The molecule has 1 aromatic carbocycles. The second kappa shape index (κ2) is 6.80. The molecule has 3 atom stereocenters. The van der Waals surface area contributed by atoms with Gasteiger partial charge in [-0.15, -0.1) is 0 Å². The van der Waals surface area contributed by atoms with Crippen LogP contribution in [0.5, 0.6) is 0 Å². The molecule has 0 radical (unpaired) electrons. The Balaban J connectivity index is 1.68. The summed E-state index contributed by atoms with van der Waals surface area (Å²) >= 11 is 0. The largest absolute Gasteiger partial charge is 0.370 e. The quantitative estimate of drug-likeness (QED) is 0.913. The van der Waals surface area contributed by atoms with E-state index < -0.39 is 0 Å². The molecular formula is C18H26N2O2. The molecule has 2 aliphatic rings. The first kappa shape index (κ1) is 15.5. The Morgan fingerprint density at radius 2 is 2.14 bits per heavy atom. The molecule has 1 heterocycles. The lowest BCUT2D eigenvalue weighted by Gasteiger charge is -2.37. The van der Waals surface area contributed by atoms with Crippen molar-refractivity contribution >= 4 is 5.91 Å². The van der Waals surface area contributed by atoms with Crippen molar-refractivity contribution in [3.05, 3.63) is 35.4 Å². The fourth-order valence-corrected chi connectivity index (χ4v) is 3.70. The van der Waals surface area contributed by atoms with Crippen LogP contribution in [0.25, 0.3) is 0 Å². The average Bonchev–Trinajstić information content (AvgIpc) is 2.55. The minimum absolute atomic E-state index is 0.00355. The number of hydrogen-bond acceptors (Lipinski definition) is 3. The summed E-state index contributed by atoms with van der Waals surface area (Å²) in [6.07, 6.45) is 3.95. The summed E-state index contributed by atoms with van der Waals surface area (Å²) in [6, 6.07) is 8.46. The van der Waals surface area contributed by atoms with Crippen molar-refractivity contribution in [1.82, 2.24) is 4.90 Å². The third-order valence-electron chi connectivity index (χ3n) is 4.98. The maximum Gasteiger partial charge on any atom is 0.225 e. The third-order valence-corrected chi connectivity index (χ3v) is 4.98. The smallest absolute Gasteiger partial charge is 0.225 e. The molecule has 0 spiro atoms. The molecule has 4 heteroatoms. The molecule has 0 aromatic heterocycles. The number of nitrogens with zero attached hydrogens (tertiary/aromatic N) is 1. The number of morpholine rings is 1. The first-order valence-electron chi connectivity index (χ1n) is 8.36. The fraction of sp³-hybridized carbons (Fsp3) is 0.611. The molecule has 1 saturated carbocycles. The fourth-order valence-electron chi connectivity index (χ4n) is 3.70. The van der Waals surface area contributed by atoms with Crippen LogP contribution in [0.3, 0.4) is 0 Å². The number of carbonyl (C=O) groups excluding carboxylic acids is 1. The maximum atomic E-state index is 12.8. The van der Waals surface area contributed by atoms with Crippen LogP contribution in [0.4, 0.5) is 0 Å². The van der Waals surface area contributed by atoms with Crippen LogP contribution in [0.2, 0.25) is 0 Å². The molecule has 1 aliphatic carbocycles. The number of hydrogen-bond donors (Lipinski definition) is 1. The van der Waals surface area contributed by atoms with Gasteiger partial charge in [0.15, 0.2) is 0 Å². The van der Waals surface area contributed by atoms with Crippen molar-refractivity contribution in [2.24, 2.45) is 11.7 Å². The van der Waals surface area contributed by atoms with Gasteiger partial charge in [0, 0.05) is 18.5 Å². The van der Waals surface area contributed by atoms with Gasteiger partial charge in [0.25, 0.3) is 0 Å². The van der Waals surface area contributed by atoms with E-state index in [9.17, 15) is 4.79 Å². The molecule has 0 bridgehead atoms. The van der Waals surface area contributed by atoms with E-state index in [1.165, 1.54) is 11.1 Å². The first-order chi connectivity index (χ1) is 10.6. The van der Waals surface area contributed by atoms with E-state index in [1.54, 1.807) is 0 Å². The maximum absolute atomic E-state index is 12.8. The predicted octanol–water partition coefficient (Wildman–Crippen LogP) is 2.41. The minimum Gasteiger partial charge on any atom is -0.370 e. The van der Waals surface area contributed by atoms with Crippen LogP contribution in [-0.2, 0) is 9.53 Å². The zero-order chi connectivity index (χ0) is 15.5. The lowest BCUT2D eigenvalue weighted by Crippen LogP contribution is -2.46. The van der Waals surface area contributed by atoms with Crippen molar-refractivity contribution in [2.75, 3.05) is 19.7 Å². The van der Waals surface area contributed by atoms with Crippen molar-refractivity contribution in [3.8, 4) is 0 Å². The van der Waals surface area contributed by atoms with Gasteiger partial charge in [0.2, 0.25) is 5.91 Å². The van der Waals surface area contributed by atoms with Gasteiger partial charge in [0.1, 0.15) is 6.10 Å². The molecule has 1 saturated heterocycles. The molecule has 2 fully saturated rings. The summed E-state index contributed by atoms with van der Waals surface area (Å²) in [7, 11) is 0. The molecule has 2 N–H and O–H groups in total. The highest BCUT2D eigenvalue weighted by Gasteiger charge is 2.32. The molecule has 1 amide bonds. The van der Waals surface area contributed by atoms with E-state index >= 15 is 0 Å². The minimum atomic E-state index is -0.00355. The molecule has 3 rings (SSSR count). The van der Waals surface area contributed by atoms with Crippen molar-refractivity contribution in [3.63, 3.8) is 0 Å². The topological polar surface area (TPSA) is 55.6 Å². The number of carbonyl (C=O) groups is 1. The van der Waals surface area contributed by atoms with E-state index in [4.69, 9.17) is 10.5 Å². The van der Waals surface area contributed by atoms with Crippen LogP contribution in [0, 0.1) is 12.8 Å². The zero-order valence-electron chi connectivity index (χ0n) is 13.3. The number of ether oxygens (including phenoxy) is 1. The van der Waals surface area contributed by atoms with Gasteiger partial charge in [-0.3, -0.25) is 4.79 Å².